The van der Waals surface area contributed by atoms with Crippen molar-refractivity contribution in [2.75, 3.05) is 6.54 Å². The first-order valence-corrected chi connectivity index (χ1v) is 8.51. The zero-order chi connectivity index (χ0) is 12.5. The molecule has 0 amide bonds. The monoisotopic (exact) mass is 280 g/mol. The molecular weight excluding hydrogens is 260 g/mol. The number of nitrogens with one attached hydrogen (secondary N) is 1. The van der Waals surface area contributed by atoms with Crippen LogP contribution >= 0.6 is 23.1 Å². The highest BCUT2D eigenvalue weighted by Crippen LogP contribution is 2.42. The topological polar surface area (TPSA) is 24.4 Å². The summed E-state index contributed by atoms with van der Waals surface area (Å²) < 4.78 is 0. The summed E-state index contributed by atoms with van der Waals surface area (Å²) in [5, 5.41) is 7.73. The lowest BCUT2D eigenvalue weighted by Gasteiger charge is -2.22. The number of hydrogen-bond acceptors (Lipinski definition) is 4. The summed E-state index contributed by atoms with van der Waals surface area (Å²) in [6.45, 7) is 5.57. The van der Waals surface area contributed by atoms with Gasteiger partial charge in [0.1, 0.15) is 0 Å². The molecule has 1 saturated carbocycles. The number of amidine groups is 1. The molecule has 18 heavy (non-hydrogen) atoms. The fraction of sp³-hybridized carbons (Fsp3) is 0.643. The van der Waals surface area contributed by atoms with E-state index in [1.165, 1.54) is 22.9 Å². The van der Waals surface area contributed by atoms with Gasteiger partial charge in [0.2, 0.25) is 0 Å². The lowest BCUT2D eigenvalue weighted by atomic mass is 10.0. The smallest absolute Gasteiger partial charge is 0.157 e. The maximum Gasteiger partial charge on any atom is 0.157 e. The van der Waals surface area contributed by atoms with Gasteiger partial charge in [-0.3, -0.25) is 4.99 Å². The molecular formula is C14H20N2S2. The van der Waals surface area contributed by atoms with Gasteiger partial charge >= 0.3 is 0 Å². The third-order valence-corrected chi connectivity index (χ3v) is 5.88. The summed E-state index contributed by atoms with van der Waals surface area (Å²) in [6, 6.07) is 4.77. The Morgan fingerprint density at radius 2 is 2.22 bits per heavy atom. The van der Waals surface area contributed by atoms with Gasteiger partial charge in [0.05, 0.1) is 12.6 Å². The van der Waals surface area contributed by atoms with E-state index >= 15 is 0 Å². The molecule has 0 bridgehead atoms. The molecule has 1 fully saturated rings. The molecule has 3 rings (SSSR count). The second-order valence-corrected chi connectivity index (χ2v) is 7.73. The van der Waals surface area contributed by atoms with Crippen LogP contribution in [0.1, 0.15) is 37.6 Å². The fourth-order valence-corrected chi connectivity index (χ4v) is 4.54. The summed E-state index contributed by atoms with van der Waals surface area (Å²) in [7, 11) is 0. The maximum atomic E-state index is 4.68. The van der Waals surface area contributed by atoms with Gasteiger partial charge in [-0.2, -0.15) is 0 Å². The minimum Gasteiger partial charge on any atom is -0.357 e. The molecule has 1 aromatic rings. The van der Waals surface area contributed by atoms with Crippen LogP contribution in [0.3, 0.4) is 0 Å². The summed E-state index contributed by atoms with van der Waals surface area (Å²) in [5.74, 6) is 1.53. The molecule has 2 aliphatic rings. The molecule has 0 aromatic carbocycles. The Bertz CT molecular complexity index is 421. The first kappa shape index (κ1) is 12.5. The highest BCUT2D eigenvalue weighted by atomic mass is 32.2. The Morgan fingerprint density at radius 3 is 2.83 bits per heavy atom. The molecule has 98 valence electrons. The van der Waals surface area contributed by atoms with E-state index < -0.39 is 0 Å². The largest absolute Gasteiger partial charge is 0.357 e. The number of aliphatic imine (C=N–C) groups is 1. The number of thioether (sulfide) groups is 1. The van der Waals surface area contributed by atoms with E-state index in [0.717, 1.165) is 17.7 Å². The standard InChI is InChI=1S/C14H20N2S2/c1-9(2)13(11-4-3-7-17-11)16-14-15-8-12(18-14)10-5-6-10/h3-4,7,9-10,12-13H,5-6,8H2,1-2H3,(H,15,16). The van der Waals surface area contributed by atoms with E-state index in [-0.39, 0.29) is 0 Å². The molecule has 1 aliphatic heterocycles. The van der Waals surface area contributed by atoms with Crippen molar-refractivity contribution >= 4 is 28.3 Å². The maximum absolute atomic E-state index is 4.68. The molecule has 0 spiro atoms. The zero-order valence-corrected chi connectivity index (χ0v) is 12.6. The Balaban J connectivity index is 1.63. The van der Waals surface area contributed by atoms with Crippen molar-refractivity contribution in [3.05, 3.63) is 22.4 Å². The van der Waals surface area contributed by atoms with E-state index in [2.05, 4.69) is 41.7 Å². The molecule has 2 unspecified atom stereocenters. The van der Waals surface area contributed by atoms with Crippen LogP contribution < -0.4 is 5.32 Å². The van der Waals surface area contributed by atoms with Crippen molar-refractivity contribution in [1.29, 1.82) is 0 Å². The Kier molecular flexibility index (Phi) is 3.66. The Morgan fingerprint density at radius 1 is 1.39 bits per heavy atom. The van der Waals surface area contributed by atoms with Crippen molar-refractivity contribution < 1.29 is 0 Å². The molecule has 4 heteroatoms. The molecule has 2 heterocycles. The van der Waals surface area contributed by atoms with Crippen LogP contribution in [0.2, 0.25) is 0 Å². The predicted molar refractivity (Wildman–Crippen MR) is 81.4 cm³/mol. The van der Waals surface area contributed by atoms with Gasteiger partial charge in [-0.05, 0) is 36.1 Å². The first-order chi connectivity index (χ1) is 8.74. The molecule has 1 N–H and O–H groups in total. The number of thiophene rings is 1. The molecule has 2 atom stereocenters. The SMILES string of the molecule is CC(C)C(NC1=NCC(C2CC2)S1)c1cccs1. The first-order valence-electron chi connectivity index (χ1n) is 6.75. The van der Waals surface area contributed by atoms with Crippen molar-refractivity contribution in [1.82, 2.24) is 5.32 Å². The highest BCUT2D eigenvalue weighted by molar-refractivity contribution is 8.14. The molecule has 1 aliphatic carbocycles. The van der Waals surface area contributed by atoms with Gasteiger partial charge in [-0.15, -0.1) is 11.3 Å². The number of nitrogens with zero attached hydrogens (tertiary/aromatic N) is 1. The van der Waals surface area contributed by atoms with E-state index in [1.807, 2.05) is 23.1 Å². The summed E-state index contributed by atoms with van der Waals surface area (Å²) in [5.41, 5.74) is 0. The second kappa shape index (κ2) is 5.25. The molecule has 0 saturated heterocycles. The van der Waals surface area contributed by atoms with Crippen LogP contribution in [0.15, 0.2) is 22.5 Å². The number of rotatable bonds is 4. The van der Waals surface area contributed by atoms with Crippen LogP contribution in [-0.2, 0) is 0 Å². The molecule has 1 aromatic heterocycles. The van der Waals surface area contributed by atoms with Gasteiger partial charge in [0, 0.05) is 10.1 Å². The van der Waals surface area contributed by atoms with Crippen molar-refractivity contribution in [2.24, 2.45) is 16.8 Å². The zero-order valence-electron chi connectivity index (χ0n) is 10.9. The van der Waals surface area contributed by atoms with Crippen LogP contribution in [-0.4, -0.2) is 17.0 Å². The third kappa shape index (κ3) is 2.75. The molecule has 2 nitrogen and oxygen atoms in total. The molecule has 0 radical (unpaired) electrons. The second-order valence-electron chi connectivity index (χ2n) is 5.52. The van der Waals surface area contributed by atoms with Crippen molar-refractivity contribution in [2.45, 2.75) is 38.0 Å². The summed E-state index contributed by atoms with van der Waals surface area (Å²) in [6.07, 6.45) is 2.83. The van der Waals surface area contributed by atoms with E-state index in [0.29, 0.717) is 12.0 Å². The predicted octanol–water partition coefficient (Wildman–Crippen LogP) is 3.92. The minimum absolute atomic E-state index is 0.411. The van der Waals surface area contributed by atoms with Gasteiger partial charge in [0.25, 0.3) is 0 Å². The van der Waals surface area contributed by atoms with Crippen LogP contribution in [0.4, 0.5) is 0 Å². The summed E-state index contributed by atoms with van der Waals surface area (Å²) in [4.78, 5) is 6.10. The van der Waals surface area contributed by atoms with E-state index in [4.69, 9.17) is 0 Å². The Labute approximate surface area is 117 Å². The van der Waals surface area contributed by atoms with Crippen LogP contribution in [0.5, 0.6) is 0 Å². The minimum atomic E-state index is 0.411. The van der Waals surface area contributed by atoms with Crippen molar-refractivity contribution in [3.63, 3.8) is 0 Å². The normalized spacial score (nSPS) is 25.3. The average Bonchev–Trinajstić information content (AvgIpc) is 2.89. The van der Waals surface area contributed by atoms with Gasteiger partial charge < -0.3 is 5.32 Å². The third-order valence-electron chi connectivity index (χ3n) is 3.62. The highest BCUT2D eigenvalue weighted by Gasteiger charge is 2.35. The fourth-order valence-electron chi connectivity index (χ4n) is 2.35. The van der Waals surface area contributed by atoms with Crippen LogP contribution in [0.25, 0.3) is 0 Å². The Hall–Kier alpha value is -0.480. The van der Waals surface area contributed by atoms with Crippen molar-refractivity contribution in [3.8, 4) is 0 Å². The summed E-state index contributed by atoms with van der Waals surface area (Å²) >= 11 is 3.80. The van der Waals surface area contributed by atoms with Gasteiger partial charge in [0.15, 0.2) is 5.17 Å². The van der Waals surface area contributed by atoms with E-state index in [9.17, 15) is 0 Å². The number of hydrogen-bond donors (Lipinski definition) is 1. The quantitative estimate of drug-likeness (QED) is 0.904. The average molecular weight is 280 g/mol. The lowest BCUT2D eigenvalue weighted by Crippen LogP contribution is -2.28. The van der Waals surface area contributed by atoms with E-state index in [1.54, 1.807) is 0 Å². The van der Waals surface area contributed by atoms with Gasteiger partial charge in [-0.1, -0.05) is 31.7 Å². The van der Waals surface area contributed by atoms with Gasteiger partial charge in [-0.25, -0.2) is 0 Å². The van der Waals surface area contributed by atoms with Crippen LogP contribution in [0, 0.1) is 11.8 Å². The lowest BCUT2D eigenvalue weighted by molar-refractivity contribution is 0.481.